The van der Waals surface area contributed by atoms with E-state index in [0.29, 0.717) is 11.1 Å². The first-order chi connectivity index (χ1) is 11.7. The molecule has 7 heteroatoms. The van der Waals surface area contributed by atoms with E-state index in [1.54, 1.807) is 12.7 Å². The average molecular weight is 346 g/mol. The van der Waals surface area contributed by atoms with Crippen molar-refractivity contribution >= 4 is 23.2 Å². The van der Waals surface area contributed by atoms with Gasteiger partial charge in [0.05, 0.1) is 12.1 Å². The second-order valence-corrected chi connectivity index (χ2v) is 6.87. The lowest BCUT2D eigenvalue weighted by atomic mass is 10.0. The molecule has 2 unspecified atom stereocenters. The van der Waals surface area contributed by atoms with Crippen molar-refractivity contribution < 1.29 is 4.79 Å². The zero-order chi connectivity index (χ0) is 16.5. The van der Waals surface area contributed by atoms with Crippen LogP contribution < -0.4 is 4.90 Å². The van der Waals surface area contributed by atoms with Crippen LogP contribution in [0.15, 0.2) is 36.9 Å². The summed E-state index contributed by atoms with van der Waals surface area (Å²) in [7, 11) is 0. The second-order valence-electron chi connectivity index (χ2n) is 6.44. The number of anilines is 1. The van der Waals surface area contributed by atoms with Crippen molar-refractivity contribution in [3.8, 4) is 0 Å². The van der Waals surface area contributed by atoms with Crippen molar-refractivity contribution in [3.05, 3.63) is 41.9 Å². The van der Waals surface area contributed by atoms with Gasteiger partial charge >= 0.3 is 0 Å². The molecule has 0 saturated carbocycles. The number of carbonyl (C=O) groups is 1. The fourth-order valence-corrected chi connectivity index (χ4v) is 3.90. The molecule has 126 valence electrons. The molecule has 2 atom stereocenters. The van der Waals surface area contributed by atoms with Gasteiger partial charge in [0.1, 0.15) is 12.7 Å². The van der Waals surface area contributed by atoms with E-state index in [-0.39, 0.29) is 11.9 Å². The monoisotopic (exact) mass is 345 g/mol. The van der Waals surface area contributed by atoms with Gasteiger partial charge in [0.2, 0.25) is 5.91 Å². The molecule has 1 aromatic heterocycles. The summed E-state index contributed by atoms with van der Waals surface area (Å²) in [5, 5.41) is 4.95. The Balaban J connectivity index is 1.47. The lowest BCUT2D eigenvalue weighted by molar-refractivity contribution is -0.122. The lowest BCUT2D eigenvalue weighted by Crippen LogP contribution is -2.47. The molecule has 0 bridgehead atoms. The summed E-state index contributed by atoms with van der Waals surface area (Å²) in [6, 6.07) is 7.76. The third-order valence-corrected chi connectivity index (χ3v) is 5.25. The standard InChI is InChI=1S/C17H20ClN5O/c18-13-3-5-14(6-4-13)22-9-7-16(17(22)24)21-8-1-2-15(10-21)23-12-19-11-20-23/h3-6,11-12,15-16H,1-2,7-10H2. The van der Waals surface area contributed by atoms with E-state index in [0.717, 1.165) is 44.6 Å². The second kappa shape index (κ2) is 6.53. The highest BCUT2D eigenvalue weighted by Gasteiger charge is 2.38. The van der Waals surface area contributed by atoms with Gasteiger partial charge in [-0.15, -0.1) is 0 Å². The van der Waals surface area contributed by atoms with E-state index < -0.39 is 0 Å². The lowest BCUT2D eigenvalue weighted by Gasteiger charge is -2.35. The van der Waals surface area contributed by atoms with Crippen LogP contribution in [0.3, 0.4) is 0 Å². The van der Waals surface area contributed by atoms with Gasteiger partial charge < -0.3 is 4.90 Å². The Morgan fingerprint density at radius 1 is 1.12 bits per heavy atom. The number of carbonyl (C=O) groups excluding carboxylic acids is 1. The van der Waals surface area contributed by atoms with E-state index in [4.69, 9.17) is 11.6 Å². The largest absolute Gasteiger partial charge is 0.311 e. The predicted octanol–water partition coefficient (Wildman–Crippen LogP) is 2.37. The van der Waals surface area contributed by atoms with Gasteiger partial charge in [-0.25, -0.2) is 9.67 Å². The first-order valence-corrected chi connectivity index (χ1v) is 8.75. The fraction of sp³-hybridized carbons (Fsp3) is 0.471. The normalized spacial score (nSPS) is 25.4. The fourth-order valence-electron chi connectivity index (χ4n) is 3.77. The van der Waals surface area contributed by atoms with Crippen LogP contribution in [0.5, 0.6) is 0 Å². The molecule has 2 aliphatic rings. The van der Waals surface area contributed by atoms with Gasteiger partial charge in [0.25, 0.3) is 0 Å². The topological polar surface area (TPSA) is 54.3 Å². The maximum Gasteiger partial charge on any atom is 0.244 e. The minimum Gasteiger partial charge on any atom is -0.311 e. The van der Waals surface area contributed by atoms with Crippen molar-refractivity contribution in [1.82, 2.24) is 19.7 Å². The highest BCUT2D eigenvalue weighted by atomic mass is 35.5. The van der Waals surface area contributed by atoms with Gasteiger partial charge in [0, 0.05) is 23.8 Å². The van der Waals surface area contributed by atoms with Crippen molar-refractivity contribution in [1.29, 1.82) is 0 Å². The van der Waals surface area contributed by atoms with Crippen LogP contribution in [-0.2, 0) is 4.79 Å². The quantitative estimate of drug-likeness (QED) is 0.857. The molecule has 3 heterocycles. The van der Waals surface area contributed by atoms with Crippen LogP contribution in [0.2, 0.25) is 5.02 Å². The minimum atomic E-state index is -0.0352. The molecule has 2 saturated heterocycles. The Bertz CT molecular complexity index is 702. The molecule has 1 aromatic carbocycles. The summed E-state index contributed by atoms with van der Waals surface area (Å²) < 4.78 is 1.92. The molecule has 4 rings (SSSR count). The number of halogens is 1. The molecule has 1 amide bonds. The van der Waals surface area contributed by atoms with Crippen molar-refractivity contribution in [2.75, 3.05) is 24.5 Å². The Labute approximate surface area is 146 Å². The third-order valence-electron chi connectivity index (χ3n) is 4.99. The van der Waals surface area contributed by atoms with Crippen LogP contribution in [0, 0.1) is 0 Å². The number of likely N-dealkylation sites (tertiary alicyclic amines) is 1. The third kappa shape index (κ3) is 2.91. The number of nitrogens with zero attached hydrogens (tertiary/aromatic N) is 5. The Hall–Kier alpha value is -1.92. The zero-order valence-electron chi connectivity index (χ0n) is 13.4. The van der Waals surface area contributed by atoms with Crippen LogP contribution in [0.1, 0.15) is 25.3 Å². The summed E-state index contributed by atoms with van der Waals surface area (Å²) in [6.07, 6.45) is 6.37. The maximum atomic E-state index is 12.9. The number of rotatable bonds is 3. The Morgan fingerprint density at radius 2 is 1.96 bits per heavy atom. The summed E-state index contributed by atoms with van der Waals surface area (Å²) in [4.78, 5) is 21.1. The van der Waals surface area contributed by atoms with E-state index in [1.165, 1.54) is 0 Å². The van der Waals surface area contributed by atoms with E-state index in [9.17, 15) is 4.79 Å². The summed E-state index contributed by atoms with van der Waals surface area (Å²) in [5.74, 6) is 0.191. The molecule has 0 radical (unpaired) electrons. The smallest absolute Gasteiger partial charge is 0.244 e. The molecular formula is C17H20ClN5O. The van der Waals surface area contributed by atoms with Crippen molar-refractivity contribution in [3.63, 3.8) is 0 Å². The molecule has 6 nitrogen and oxygen atoms in total. The van der Waals surface area contributed by atoms with E-state index >= 15 is 0 Å². The summed E-state index contributed by atoms with van der Waals surface area (Å²) >= 11 is 5.95. The van der Waals surface area contributed by atoms with Crippen molar-refractivity contribution in [2.24, 2.45) is 0 Å². The van der Waals surface area contributed by atoms with Crippen LogP contribution >= 0.6 is 11.6 Å². The summed E-state index contributed by atoms with van der Waals surface area (Å²) in [5.41, 5.74) is 0.928. The maximum absolute atomic E-state index is 12.9. The highest BCUT2D eigenvalue weighted by Crippen LogP contribution is 2.29. The first-order valence-electron chi connectivity index (χ1n) is 8.37. The molecular weight excluding hydrogens is 326 g/mol. The Morgan fingerprint density at radius 3 is 2.71 bits per heavy atom. The number of hydrogen-bond donors (Lipinski definition) is 0. The zero-order valence-corrected chi connectivity index (χ0v) is 14.1. The SMILES string of the molecule is O=C1C(N2CCCC(n3cncn3)C2)CCN1c1ccc(Cl)cc1. The molecule has 0 aliphatic carbocycles. The summed E-state index contributed by atoms with van der Waals surface area (Å²) in [6.45, 7) is 2.58. The molecule has 0 spiro atoms. The van der Waals surface area contributed by atoms with Gasteiger partial charge in [-0.05, 0) is 50.1 Å². The average Bonchev–Trinajstić information content (AvgIpc) is 3.26. The molecule has 0 N–H and O–H groups in total. The van der Waals surface area contributed by atoms with Crippen LogP contribution in [0.25, 0.3) is 0 Å². The van der Waals surface area contributed by atoms with Crippen LogP contribution in [0.4, 0.5) is 5.69 Å². The minimum absolute atomic E-state index is 0.0352. The first kappa shape index (κ1) is 15.6. The number of benzene rings is 1. The number of aromatic nitrogens is 3. The van der Waals surface area contributed by atoms with Gasteiger partial charge in [0.15, 0.2) is 0 Å². The van der Waals surface area contributed by atoms with Crippen molar-refractivity contribution in [2.45, 2.75) is 31.3 Å². The number of piperidine rings is 1. The molecule has 24 heavy (non-hydrogen) atoms. The molecule has 2 aromatic rings. The van der Waals surface area contributed by atoms with E-state index in [1.807, 2.05) is 33.8 Å². The van der Waals surface area contributed by atoms with Gasteiger partial charge in [-0.1, -0.05) is 11.6 Å². The highest BCUT2D eigenvalue weighted by molar-refractivity contribution is 6.30. The Kier molecular flexibility index (Phi) is 4.24. The van der Waals surface area contributed by atoms with Gasteiger partial charge in [-0.3, -0.25) is 9.69 Å². The molecule has 2 fully saturated rings. The number of hydrogen-bond acceptors (Lipinski definition) is 4. The van der Waals surface area contributed by atoms with Crippen LogP contribution in [-0.4, -0.2) is 51.2 Å². The number of amides is 1. The predicted molar refractivity (Wildman–Crippen MR) is 92.1 cm³/mol. The van der Waals surface area contributed by atoms with Gasteiger partial charge in [-0.2, -0.15) is 5.10 Å². The van der Waals surface area contributed by atoms with E-state index in [2.05, 4.69) is 15.0 Å². The molecule has 2 aliphatic heterocycles.